The molecule has 0 bridgehead atoms. The van der Waals surface area contributed by atoms with E-state index < -0.39 is 28.0 Å². The number of benzene rings is 4. The van der Waals surface area contributed by atoms with E-state index in [9.17, 15) is 18.0 Å². The molecule has 0 aliphatic heterocycles. The van der Waals surface area contributed by atoms with Gasteiger partial charge in [0.05, 0.1) is 11.5 Å². The van der Waals surface area contributed by atoms with E-state index >= 15 is 0 Å². The largest absolute Gasteiger partial charge is 0.445 e. The number of rotatable bonds is 15. The molecule has 0 radical (unpaired) electrons. The summed E-state index contributed by atoms with van der Waals surface area (Å²) < 4.78 is 31.4. The Bertz CT molecular complexity index is 1520. The number of alkyl carbamates (subject to hydrolysis) is 1. The number of ether oxygens (including phenoxy) is 1. The van der Waals surface area contributed by atoms with Crippen molar-refractivity contribution in [2.24, 2.45) is 0 Å². The molecule has 0 saturated carbocycles. The monoisotopic (exact) mass is 598 g/mol. The number of aryl methyl sites for hydroxylation is 1. The first-order valence-electron chi connectivity index (χ1n) is 14.5. The maximum absolute atomic E-state index is 13.7. The molecule has 0 heterocycles. The second-order valence-electron chi connectivity index (χ2n) is 10.5. The fraction of sp³-hybridized carbons (Fsp3) is 0.257. The van der Waals surface area contributed by atoms with Gasteiger partial charge < -0.3 is 15.4 Å². The van der Waals surface area contributed by atoms with E-state index in [2.05, 4.69) is 10.6 Å². The number of amides is 2. The average molecular weight is 599 g/mol. The zero-order valence-electron chi connectivity index (χ0n) is 24.1. The van der Waals surface area contributed by atoms with Crippen molar-refractivity contribution in [3.8, 4) is 0 Å². The summed E-state index contributed by atoms with van der Waals surface area (Å²) in [6.07, 6.45) is 1.02. The summed E-state index contributed by atoms with van der Waals surface area (Å²) in [5.74, 6) is -0.519. The highest BCUT2D eigenvalue weighted by Crippen LogP contribution is 2.13. The van der Waals surface area contributed by atoms with E-state index in [1.165, 1.54) is 0 Å². The number of carbonyl (C=O) groups is 2. The van der Waals surface area contributed by atoms with Gasteiger partial charge in [-0.25, -0.2) is 13.2 Å². The van der Waals surface area contributed by atoms with Crippen LogP contribution in [0.3, 0.4) is 0 Å². The molecule has 0 spiro atoms. The highest BCUT2D eigenvalue weighted by Gasteiger charge is 2.25. The van der Waals surface area contributed by atoms with Gasteiger partial charge in [0.25, 0.3) is 0 Å². The Labute approximate surface area is 254 Å². The zero-order chi connectivity index (χ0) is 30.3. The van der Waals surface area contributed by atoms with Crippen molar-refractivity contribution in [3.05, 3.63) is 144 Å². The van der Waals surface area contributed by atoms with Crippen LogP contribution in [-0.4, -0.2) is 38.3 Å². The maximum atomic E-state index is 13.7. The van der Waals surface area contributed by atoms with Gasteiger partial charge in [0.1, 0.15) is 12.6 Å². The molecule has 7 nitrogen and oxygen atoms in total. The van der Waals surface area contributed by atoms with Crippen LogP contribution in [0.5, 0.6) is 0 Å². The normalized spacial score (nSPS) is 12.6. The molecule has 224 valence electrons. The Balaban J connectivity index is 1.44. The lowest BCUT2D eigenvalue weighted by molar-refractivity contribution is -0.123. The van der Waals surface area contributed by atoms with Gasteiger partial charge in [0, 0.05) is 12.5 Å². The molecule has 2 N–H and O–H groups in total. The lowest BCUT2D eigenvalue weighted by atomic mass is 10.0. The summed E-state index contributed by atoms with van der Waals surface area (Å²) in [5.41, 5.74) is 3.53. The van der Waals surface area contributed by atoms with Crippen LogP contribution in [0, 0.1) is 0 Å². The average Bonchev–Trinajstić information content (AvgIpc) is 3.03. The molecule has 8 heteroatoms. The van der Waals surface area contributed by atoms with Crippen molar-refractivity contribution < 1.29 is 22.7 Å². The molecular formula is C35H38N2O5S. The van der Waals surface area contributed by atoms with E-state index in [0.717, 1.165) is 22.3 Å². The van der Waals surface area contributed by atoms with Crippen LogP contribution in [0.4, 0.5) is 4.79 Å². The van der Waals surface area contributed by atoms with Gasteiger partial charge >= 0.3 is 6.09 Å². The molecule has 4 aromatic carbocycles. The minimum Gasteiger partial charge on any atom is -0.445 e. The molecule has 0 aliphatic rings. The fourth-order valence-electron chi connectivity index (χ4n) is 4.76. The molecule has 43 heavy (non-hydrogen) atoms. The first-order valence-corrected chi connectivity index (χ1v) is 16.3. The quantitative estimate of drug-likeness (QED) is 0.184. The molecule has 2 unspecified atom stereocenters. The number of hydrogen-bond donors (Lipinski definition) is 2. The highest BCUT2D eigenvalue weighted by atomic mass is 32.2. The molecule has 0 saturated heterocycles. The Hall–Kier alpha value is -4.43. The van der Waals surface area contributed by atoms with Crippen molar-refractivity contribution in [2.75, 3.05) is 5.75 Å². The molecule has 4 rings (SSSR count). The van der Waals surface area contributed by atoms with Crippen molar-refractivity contribution in [2.45, 2.75) is 50.1 Å². The Kier molecular flexibility index (Phi) is 11.9. The molecular weight excluding hydrogens is 560 g/mol. The van der Waals surface area contributed by atoms with Crippen LogP contribution in [0.1, 0.15) is 35.1 Å². The Morgan fingerprint density at radius 1 is 0.628 bits per heavy atom. The summed E-state index contributed by atoms with van der Waals surface area (Å²) in [6.45, 7) is 0.0747. The predicted octanol–water partition coefficient (Wildman–Crippen LogP) is 5.65. The minimum absolute atomic E-state index is 0.0569. The minimum atomic E-state index is -3.41. The SMILES string of the molecule is O=C(NC(Cc1ccccc1)C(=O)NC(CCc1ccccc1)CCS(=O)(=O)Cc1ccccc1)OCc1ccccc1. The third kappa shape index (κ3) is 11.4. The summed E-state index contributed by atoms with van der Waals surface area (Å²) in [6, 6.07) is 36.3. The zero-order valence-corrected chi connectivity index (χ0v) is 24.9. The first-order chi connectivity index (χ1) is 20.9. The van der Waals surface area contributed by atoms with Crippen LogP contribution in [-0.2, 0) is 44.6 Å². The molecule has 0 aliphatic carbocycles. The second kappa shape index (κ2) is 16.3. The van der Waals surface area contributed by atoms with E-state index in [-0.39, 0.29) is 36.9 Å². The predicted molar refractivity (Wildman–Crippen MR) is 169 cm³/mol. The summed E-state index contributed by atoms with van der Waals surface area (Å²) >= 11 is 0. The second-order valence-corrected chi connectivity index (χ2v) is 12.7. The topological polar surface area (TPSA) is 102 Å². The molecule has 0 aromatic heterocycles. The number of sulfone groups is 1. The van der Waals surface area contributed by atoms with Gasteiger partial charge in [0.15, 0.2) is 9.84 Å². The van der Waals surface area contributed by atoms with Crippen molar-refractivity contribution in [1.82, 2.24) is 10.6 Å². The molecule has 4 aromatic rings. The summed E-state index contributed by atoms with van der Waals surface area (Å²) in [4.78, 5) is 26.4. The maximum Gasteiger partial charge on any atom is 0.408 e. The van der Waals surface area contributed by atoms with Crippen molar-refractivity contribution in [3.63, 3.8) is 0 Å². The van der Waals surface area contributed by atoms with Crippen LogP contribution in [0.2, 0.25) is 0 Å². The van der Waals surface area contributed by atoms with E-state index in [0.29, 0.717) is 12.8 Å². The van der Waals surface area contributed by atoms with E-state index in [1.807, 2.05) is 109 Å². The van der Waals surface area contributed by atoms with Gasteiger partial charge in [-0.15, -0.1) is 0 Å². The lowest BCUT2D eigenvalue weighted by Gasteiger charge is -2.24. The summed E-state index contributed by atoms with van der Waals surface area (Å²) in [7, 11) is -3.41. The van der Waals surface area contributed by atoms with Crippen molar-refractivity contribution in [1.29, 1.82) is 0 Å². The Morgan fingerprint density at radius 3 is 1.72 bits per heavy atom. The van der Waals surface area contributed by atoms with Crippen LogP contribution in [0.25, 0.3) is 0 Å². The lowest BCUT2D eigenvalue weighted by Crippen LogP contribution is -2.51. The smallest absolute Gasteiger partial charge is 0.408 e. The van der Waals surface area contributed by atoms with Gasteiger partial charge in [-0.1, -0.05) is 121 Å². The van der Waals surface area contributed by atoms with Crippen molar-refractivity contribution >= 4 is 21.8 Å². The molecule has 2 amide bonds. The molecule has 0 fully saturated rings. The number of nitrogens with one attached hydrogen (secondary N) is 2. The molecule has 2 atom stereocenters. The van der Waals surface area contributed by atoms with Gasteiger partial charge in [-0.3, -0.25) is 4.79 Å². The van der Waals surface area contributed by atoms with Crippen LogP contribution < -0.4 is 10.6 Å². The van der Waals surface area contributed by atoms with Gasteiger partial charge in [-0.2, -0.15) is 0 Å². The Morgan fingerprint density at radius 2 is 1.14 bits per heavy atom. The summed E-state index contributed by atoms with van der Waals surface area (Å²) in [5, 5.41) is 5.78. The standard InChI is InChI=1S/C35H38N2O5S/c38-34(33(25-29-15-7-2-8-16-29)37-35(39)42-26-30-17-9-3-10-18-30)36-32(22-21-28-13-5-1-6-14-28)23-24-43(40,41)27-31-19-11-4-12-20-31/h1-20,32-33H,21-27H2,(H,36,38)(H,37,39). The van der Waals surface area contributed by atoms with Crippen LogP contribution in [0.15, 0.2) is 121 Å². The highest BCUT2D eigenvalue weighted by molar-refractivity contribution is 7.90. The fourth-order valence-corrected chi connectivity index (χ4v) is 6.25. The van der Waals surface area contributed by atoms with Crippen LogP contribution >= 0.6 is 0 Å². The van der Waals surface area contributed by atoms with Gasteiger partial charge in [-0.05, 0) is 41.5 Å². The number of carbonyl (C=O) groups excluding carboxylic acids is 2. The van der Waals surface area contributed by atoms with E-state index in [4.69, 9.17) is 4.74 Å². The van der Waals surface area contributed by atoms with E-state index in [1.54, 1.807) is 12.1 Å². The number of hydrogen-bond acceptors (Lipinski definition) is 5. The third-order valence-corrected chi connectivity index (χ3v) is 8.71. The third-order valence-electron chi connectivity index (χ3n) is 7.08. The first kappa shape index (κ1) is 31.5. The van der Waals surface area contributed by atoms with Gasteiger partial charge in [0.2, 0.25) is 5.91 Å².